The number of hydrogen-bond donors (Lipinski definition) is 4. The predicted octanol–water partition coefficient (Wildman–Crippen LogP) is 1.79. The van der Waals surface area contributed by atoms with Crippen LogP contribution in [0.4, 0.5) is 10.5 Å². The third kappa shape index (κ3) is 3.51. The summed E-state index contributed by atoms with van der Waals surface area (Å²) in [4.78, 5) is 22.2. The van der Waals surface area contributed by atoms with Gasteiger partial charge in [0.25, 0.3) is 0 Å². The summed E-state index contributed by atoms with van der Waals surface area (Å²) >= 11 is 0. The summed E-state index contributed by atoms with van der Waals surface area (Å²) in [5, 5.41) is 23.3. The van der Waals surface area contributed by atoms with Gasteiger partial charge in [-0.2, -0.15) is 0 Å². The first-order chi connectivity index (χ1) is 8.41. The molecule has 0 spiro atoms. The number of carboxylic acids is 1. The summed E-state index contributed by atoms with van der Waals surface area (Å²) in [5.41, 5.74) is 0.537. The molecule has 0 aliphatic carbocycles. The number of nitrogens with one attached hydrogen (secondary N) is 2. The van der Waals surface area contributed by atoms with Crippen molar-refractivity contribution in [1.29, 1.82) is 0 Å². The number of aromatic hydroxyl groups is 1. The SMILES string of the molecule is C=C(C)CNC(=O)Nc1cccc(C(=O)O)c1O. The molecule has 0 saturated carbocycles. The molecule has 0 heterocycles. The van der Waals surface area contributed by atoms with Crippen molar-refractivity contribution < 1.29 is 19.8 Å². The van der Waals surface area contributed by atoms with E-state index in [2.05, 4.69) is 17.2 Å². The Morgan fingerprint density at radius 1 is 1.39 bits per heavy atom. The molecule has 1 aromatic rings. The summed E-state index contributed by atoms with van der Waals surface area (Å²) in [6.45, 7) is 5.67. The first kappa shape index (κ1) is 13.6. The van der Waals surface area contributed by atoms with Gasteiger partial charge in [0.1, 0.15) is 5.56 Å². The van der Waals surface area contributed by atoms with Crippen molar-refractivity contribution in [2.75, 3.05) is 11.9 Å². The lowest BCUT2D eigenvalue weighted by Crippen LogP contribution is -2.29. The third-order valence-corrected chi connectivity index (χ3v) is 2.07. The van der Waals surface area contributed by atoms with Crippen LogP contribution in [0.15, 0.2) is 30.4 Å². The number of anilines is 1. The number of urea groups is 1. The second-order valence-electron chi connectivity index (χ2n) is 3.77. The number of benzene rings is 1. The summed E-state index contributed by atoms with van der Waals surface area (Å²) < 4.78 is 0. The van der Waals surface area contributed by atoms with E-state index in [9.17, 15) is 14.7 Å². The van der Waals surface area contributed by atoms with Gasteiger partial charge in [0.05, 0.1) is 5.69 Å². The van der Waals surface area contributed by atoms with Crippen LogP contribution in [0.25, 0.3) is 0 Å². The quantitative estimate of drug-likeness (QED) is 0.483. The van der Waals surface area contributed by atoms with Crippen LogP contribution in [0.3, 0.4) is 0 Å². The van der Waals surface area contributed by atoms with E-state index in [1.807, 2.05) is 0 Å². The lowest BCUT2D eigenvalue weighted by molar-refractivity contribution is 0.0694. The van der Waals surface area contributed by atoms with E-state index in [1.165, 1.54) is 18.2 Å². The zero-order valence-corrected chi connectivity index (χ0v) is 9.86. The molecule has 6 heteroatoms. The van der Waals surface area contributed by atoms with Crippen LogP contribution in [0.2, 0.25) is 0 Å². The summed E-state index contributed by atoms with van der Waals surface area (Å²) in [7, 11) is 0. The van der Waals surface area contributed by atoms with Gasteiger partial charge in [-0.25, -0.2) is 9.59 Å². The summed E-state index contributed by atoms with van der Waals surface area (Å²) in [6.07, 6.45) is 0. The number of carboxylic acid groups (broad SMARTS) is 1. The number of hydrogen-bond acceptors (Lipinski definition) is 3. The van der Waals surface area contributed by atoms with Crippen LogP contribution in [-0.2, 0) is 0 Å². The fraction of sp³-hybridized carbons (Fsp3) is 0.167. The van der Waals surface area contributed by atoms with E-state index in [0.717, 1.165) is 5.57 Å². The Morgan fingerprint density at radius 2 is 2.06 bits per heavy atom. The smallest absolute Gasteiger partial charge is 0.339 e. The molecule has 96 valence electrons. The molecule has 0 aromatic heterocycles. The molecule has 1 aromatic carbocycles. The molecule has 6 nitrogen and oxygen atoms in total. The van der Waals surface area contributed by atoms with Crippen molar-refractivity contribution in [2.24, 2.45) is 0 Å². The van der Waals surface area contributed by atoms with E-state index in [4.69, 9.17) is 5.11 Å². The zero-order valence-electron chi connectivity index (χ0n) is 9.86. The van der Waals surface area contributed by atoms with Crippen LogP contribution in [0, 0.1) is 0 Å². The fourth-order valence-corrected chi connectivity index (χ4v) is 1.21. The maximum Gasteiger partial charge on any atom is 0.339 e. The standard InChI is InChI=1S/C12H14N2O4/c1-7(2)6-13-12(18)14-9-5-3-4-8(10(9)15)11(16)17/h3-5,15H,1,6H2,2H3,(H,16,17)(H2,13,14,18). The second-order valence-corrected chi connectivity index (χ2v) is 3.77. The Bertz CT molecular complexity index is 497. The number of carbonyl (C=O) groups is 2. The van der Waals surface area contributed by atoms with Gasteiger partial charge < -0.3 is 20.8 Å². The summed E-state index contributed by atoms with van der Waals surface area (Å²) in [6, 6.07) is 3.53. The fourth-order valence-electron chi connectivity index (χ4n) is 1.21. The highest BCUT2D eigenvalue weighted by molar-refractivity contribution is 5.97. The van der Waals surface area contributed by atoms with Gasteiger partial charge in [-0.3, -0.25) is 0 Å². The molecule has 0 aliphatic rings. The van der Waals surface area contributed by atoms with Crippen LogP contribution < -0.4 is 10.6 Å². The van der Waals surface area contributed by atoms with Gasteiger partial charge in [0.2, 0.25) is 0 Å². The van der Waals surface area contributed by atoms with Crippen LogP contribution >= 0.6 is 0 Å². The Hall–Kier alpha value is -2.50. The number of amides is 2. The van der Waals surface area contributed by atoms with Crippen LogP contribution in [0.5, 0.6) is 5.75 Å². The first-order valence-electron chi connectivity index (χ1n) is 5.16. The lowest BCUT2D eigenvalue weighted by Gasteiger charge is -2.10. The highest BCUT2D eigenvalue weighted by Crippen LogP contribution is 2.27. The van der Waals surface area contributed by atoms with Gasteiger partial charge in [0, 0.05) is 6.54 Å². The first-order valence-corrected chi connectivity index (χ1v) is 5.16. The molecule has 0 atom stereocenters. The van der Waals surface area contributed by atoms with Gasteiger partial charge in [-0.05, 0) is 19.1 Å². The average molecular weight is 250 g/mol. The Labute approximate surface area is 104 Å². The van der Waals surface area contributed by atoms with Crippen LogP contribution in [0.1, 0.15) is 17.3 Å². The van der Waals surface area contributed by atoms with Gasteiger partial charge in [-0.15, -0.1) is 0 Å². The van der Waals surface area contributed by atoms with Crippen molar-refractivity contribution in [3.05, 3.63) is 35.9 Å². The molecule has 4 N–H and O–H groups in total. The molecule has 0 unspecified atom stereocenters. The maximum atomic E-state index is 11.4. The molecule has 0 saturated heterocycles. The molecular weight excluding hydrogens is 236 g/mol. The number of aromatic carboxylic acids is 1. The van der Waals surface area contributed by atoms with Gasteiger partial charge in [0.15, 0.2) is 5.75 Å². The average Bonchev–Trinajstić information content (AvgIpc) is 2.29. The Balaban J connectivity index is 2.79. The van der Waals surface area contributed by atoms with Crippen molar-refractivity contribution in [3.8, 4) is 5.75 Å². The predicted molar refractivity (Wildman–Crippen MR) is 66.9 cm³/mol. The Morgan fingerprint density at radius 3 is 2.61 bits per heavy atom. The topological polar surface area (TPSA) is 98.7 Å². The van der Waals surface area contributed by atoms with Crippen molar-refractivity contribution in [2.45, 2.75) is 6.92 Å². The van der Waals surface area contributed by atoms with Crippen LogP contribution in [-0.4, -0.2) is 28.8 Å². The van der Waals surface area contributed by atoms with E-state index in [-0.39, 0.29) is 11.3 Å². The van der Waals surface area contributed by atoms with Crippen molar-refractivity contribution >= 4 is 17.7 Å². The van der Waals surface area contributed by atoms with E-state index >= 15 is 0 Å². The molecule has 0 fully saturated rings. The molecular formula is C12H14N2O4. The second kappa shape index (κ2) is 5.72. The summed E-state index contributed by atoms with van der Waals surface area (Å²) in [5.74, 6) is -1.74. The van der Waals surface area contributed by atoms with E-state index in [0.29, 0.717) is 6.54 Å². The normalized spacial score (nSPS) is 9.61. The highest BCUT2D eigenvalue weighted by Gasteiger charge is 2.14. The largest absolute Gasteiger partial charge is 0.505 e. The highest BCUT2D eigenvalue weighted by atomic mass is 16.4. The third-order valence-electron chi connectivity index (χ3n) is 2.07. The minimum atomic E-state index is -1.27. The number of carbonyl (C=O) groups excluding carboxylic acids is 1. The van der Waals surface area contributed by atoms with E-state index in [1.54, 1.807) is 6.92 Å². The number of phenols is 1. The molecule has 18 heavy (non-hydrogen) atoms. The molecule has 0 bridgehead atoms. The van der Waals surface area contributed by atoms with Crippen molar-refractivity contribution in [3.63, 3.8) is 0 Å². The van der Waals surface area contributed by atoms with E-state index < -0.39 is 17.7 Å². The lowest BCUT2D eigenvalue weighted by atomic mass is 10.1. The van der Waals surface area contributed by atoms with Gasteiger partial charge >= 0.3 is 12.0 Å². The zero-order chi connectivity index (χ0) is 13.7. The number of para-hydroxylation sites is 1. The maximum absolute atomic E-state index is 11.4. The molecule has 0 aliphatic heterocycles. The number of rotatable bonds is 4. The minimum Gasteiger partial charge on any atom is -0.505 e. The minimum absolute atomic E-state index is 0.0362. The Kier molecular flexibility index (Phi) is 4.31. The van der Waals surface area contributed by atoms with Crippen molar-refractivity contribution in [1.82, 2.24) is 5.32 Å². The molecule has 1 rings (SSSR count). The monoisotopic (exact) mass is 250 g/mol. The van der Waals surface area contributed by atoms with Gasteiger partial charge in [-0.1, -0.05) is 18.2 Å². The molecule has 0 radical (unpaired) electrons. The molecule has 2 amide bonds.